The van der Waals surface area contributed by atoms with Gasteiger partial charge in [0.1, 0.15) is 11.5 Å². The van der Waals surface area contributed by atoms with E-state index in [2.05, 4.69) is 28.4 Å². The van der Waals surface area contributed by atoms with Crippen molar-refractivity contribution in [3.05, 3.63) is 89.4 Å². The van der Waals surface area contributed by atoms with Crippen LogP contribution in [0.2, 0.25) is 5.02 Å². The molecule has 4 heteroatoms. The van der Waals surface area contributed by atoms with Crippen molar-refractivity contribution < 1.29 is 4.74 Å². The van der Waals surface area contributed by atoms with Crippen LogP contribution in [0.25, 0.3) is 0 Å². The summed E-state index contributed by atoms with van der Waals surface area (Å²) in [5.74, 6) is 2.36. The number of rotatable bonds is 7. The van der Waals surface area contributed by atoms with Gasteiger partial charge in [-0.2, -0.15) is 0 Å². The van der Waals surface area contributed by atoms with Gasteiger partial charge in [-0.1, -0.05) is 48.0 Å². The molecule has 0 bridgehead atoms. The van der Waals surface area contributed by atoms with E-state index in [0.717, 1.165) is 48.3 Å². The highest BCUT2D eigenvalue weighted by molar-refractivity contribution is 6.31. The minimum absolute atomic E-state index is 0.674. The summed E-state index contributed by atoms with van der Waals surface area (Å²) in [5, 5.41) is 4.17. The summed E-state index contributed by atoms with van der Waals surface area (Å²) in [7, 11) is 0. The molecule has 3 nitrogen and oxygen atoms in total. The Kier molecular flexibility index (Phi) is 5.61. The van der Waals surface area contributed by atoms with E-state index in [1.807, 2.05) is 60.7 Å². The summed E-state index contributed by atoms with van der Waals surface area (Å²) in [5.41, 5.74) is 2.33. The third kappa shape index (κ3) is 4.62. The Morgan fingerprint density at radius 2 is 1.52 bits per heavy atom. The second-order valence-corrected chi connectivity index (χ2v) is 7.31. The number of anilines is 1. The molecular weight excluding hydrogens is 356 g/mol. The number of hydrogen-bond acceptors (Lipinski definition) is 3. The molecule has 0 atom stereocenters. The summed E-state index contributed by atoms with van der Waals surface area (Å²) < 4.78 is 5.91. The number of halogens is 1. The van der Waals surface area contributed by atoms with E-state index in [0.29, 0.717) is 5.92 Å². The maximum atomic E-state index is 6.40. The molecule has 0 aliphatic carbocycles. The summed E-state index contributed by atoms with van der Waals surface area (Å²) in [6.45, 7) is 3.97. The zero-order chi connectivity index (χ0) is 18.5. The van der Waals surface area contributed by atoms with Crippen LogP contribution in [0, 0.1) is 5.92 Å². The minimum Gasteiger partial charge on any atom is -0.457 e. The molecule has 1 heterocycles. The van der Waals surface area contributed by atoms with Gasteiger partial charge < -0.3 is 15.0 Å². The lowest BCUT2D eigenvalue weighted by Crippen LogP contribution is -2.48. The van der Waals surface area contributed by atoms with Gasteiger partial charge in [0.25, 0.3) is 0 Å². The van der Waals surface area contributed by atoms with Gasteiger partial charge in [-0.05, 0) is 48.0 Å². The maximum Gasteiger partial charge on any atom is 0.127 e. The second-order valence-electron chi connectivity index (χ2n) is 6.91. The normalized spacial score (nSPS) is 13.8. The highest BCUT2D eigenvalue weighted by Crippen LogP contribution is 2.27. The summed E-state index contributed by atoms with van der Waals surface area (Å²) >= 11 is 6.40. The number of ether oxygens (including phenoxy) is 1. The van der Waals surface area contributed by atoms with E-state index in [9.17, 15) is 0 Å². The number of benzene rings is 3. The van der Waals surface area contributed by atoms with Gasteiger partial charge in [0.15, 0.2) is 0 Å². The topological polar surface area (TPSA) is 24.5 Å². The first kappa shape index (κ1) is 17.9. The predicted octanol–water partition coefficient (Wildman–Crippen LogP) is 5.36. The molecule has 27 heavy (non-hydrogen) atoms. The average molecular weight is 379 g/mol. The first-order valence-electron chi connectivity index (χ1n) is 9.30. The van der Waals surface area contributed by atoms with Crippen molar-refractivity contribution in [1.82, 2.24) is 5.32 Å². The fraction of sp³-hybridized carbons (Fsp3) is 0.217. The molecule has 0 amide bonds. The Labute approximate surface area is 165 Å². The van der Waals surface area contributed by atoms with E-state index in [4.69, 9.17) is 16.3 Å². The van der Waals surface area contributed by atoms with Gasteiger partial charge in [-0.3, -0.25) is 0 Å². The second kappa shape index (κ2) is 8.47. The van der Waals surface area contributed by atoms with Gasteiger partial charge >= 0.3 is 0 Å². The number of nitrogens with one attached hydrogen (secondary N) is 1. The molecule has 3 aromatic carbocycles. The Bertz CT molecular complexity index is 863. The van der Waals surface area contributed by atoms with E-state index in [-0.39, 0.29) is 0 Å². The molecule has 3 aromatic rings. The zero-order valence-corrected chi connectivity index (χ0v) is 15.9. The van der Waals surface area contributed by atoms with Gasteiger partial charge in [0.2, 0.25) is 0 Å². The Balaban J connectivity index is 1.51. The number of para-hydroxylation sites is 1. The SMILES string of the molecule is Clc1ccccc1CN(CC1CNC1)c1ccc(Oc2ccccc2)cc1. The van der Waals surface area contributed by atoms with Crippen LogP contribution in [0.3, 0.4) is 0 Å². The molecule has 1 aliphatic rings. The summed E-state index contributed by atoms with van der Waals surface area (Å²) in [4.78, 5) is 2.40. The quantitative estimate of drug-likeness (QED) is 0.599. The summed E-state index contributed by atoms with van der Waals surface area (Å²) in [6.07, 6.45) is 0. The molecule has 0 spiro atoms. The van der Waals surface area contributed by atoms with Crippen molar-refractivity contribution in [2.75, 3.05) is 24.5 Å². The molecule has 4 rings (SSSR count). The Hall–Kier alpha value is -2.49. The first-order valence-corrected chi connectivity index (χ1v) is 9.68. The molecular formula is C23H23ClN2O. The van der Waals surface area contributed by atoms with Crippen molar-refractivity contribution in [3.63, 3.8) is 0 Å². The standard InChI is InChI=1S/C23H23ClN2O/c24-23-9-5-4-6-19(23)17-26(16-18-14-25-15-18)20-10-12-22(13-11-20)27-21-7-2-1-3-8-21/h1-13,18,25H,14-17H2. The van der Waals surface area contributed by atoms with Gasteiger partial charge in [0, 0.05) is 42.8 Å². The fourth-order valence-electron chi connectivity index (χ4n) is 3.23. The smallest absolute Gasteiger partial charge is 0.127 e. The van der Waals surface area contributed by atoms with Crippen LogP contribution in [0.4, 0.5) is 5.69 Å². The Morgan fingerprint density at radius 1 is 0.852 bits per heavy atom. The van der Waals surface area contributed by atoms with Crippen LogP contribution < -0.4 is 15.0 Å². The van der Waals surface area contributed by atoms with Crippen LogP contribution >= 0.6 is 11.6 Å². The van der Waals surface area contributed by atoms with Gasteiger partial charge in [-0.15, -0.1) is 0 Å². The molecule has 0 aromatic heterocycles. The highest BCUT2D eigenvalue weighted by Gasteiger charge is 2.21. The lowest BCUT2D eigenvalue weighted by atomic mass is 10.0. The lowest BCUT2D eigenvalue weighted by molar-refractivity contribution is 0.348. The maximum absolute atomic E-state index is 6.40. The third-order valence-electron chi connectivity index (χ3n) is 4.84. The van der Waals surface area contributed by atoms with Crippen LogP contribution in [0.15, 0.2) is 78.9 Å². The largest absolute Gasteiger partial charge is 0.457 e. The van der Waals surface area contributed by atoms with E-state index in [1.165, 1.54) is 5.69 Å². The van der Waals surface area contributed by atoms with E-state index in [1.54, 1.807) is 0 Å². The van der Waals surface area contributed by atoms with Crippen LogP contribution in [-0.4, -0.2) is 19.6 Å². The van der Waals surface area contributed by atoms with E-state index < -0.39 is 0 Å². The molecule has 1 N–H and O–H groups in total. The molecule has 0 radical (unpaired) electrons. The first-order chi connectivity index (χ1) is 13.3. The van der Waals surface area contributed by atoms with Crippen molar-refractivity contribution in [1.29, 1.82) is 0 Å². The monoisotopic (exact) mass is 378 g/mol. The molecule has 138 valence electrons. The van der Waals surface area contributed by atoms with Gasteiger partial charge in [-0.25, -0.2) is 0 Å². The number of hydrogen-bond donors (Lipinski definition) is 1. The predicted molar refractivity (Wildman–Crippen MR) is 112 cm³/mol. The van der Waals surface area contributed by atoms with Crippen LogP contribution in [0.5, 0.6) is 11.5 Å². The van der Waals surface area contributed by atoms with Crippen LogP contribution in [0.1, 0.15) is 5.56 Å². The van der Waals surface area contributed by atoms with Gasteiger partial charge in [0.05, 0.1) is 0 Å². The van der Waals surface area contributed by atoms with Crippen molar-refractivity contribution >= 4 is 17.3 Å². The fourth-order valence-corrected chi connectivity index (χ4v) is 3.43. The minimum atomic E-state index is 0.674. The number of nitrogens with zero attached hydrogens (tertiary/aromatic N) is 1. The third-order valence-corrected chi connectivity index (χ3v) is 5.21. The highest BCUT2D eigenvalue weighted by atomic mass is 35.5. The van der Waals surface area contributed by atoms with Crippen molar-refractivity contribution in [2.24, 2.45) is 5.92 Å². The molecule has 1 saturated heterocycles. The van der Waals surface area contributed by atoms with Crippen LogP contribution in [-0.2, 0) is 6.54 Å². The average Bonchev–Trinajstić information content (AvgIpc) is 2.67. The summed E-state index contributed by atoms with van der Waals surface area (Å²) in [6, 6.07) is 26.2. The van der Waals surface area contributed by atoms with Crippen molar-refractivity contribution in [2.45, 2.75) is 6.54 Å². The zero-order valence-electron chi connectivity index (χ0n) is 15.1. The lowest BCUT2D eigenvalue weighted by Gasteiger charge is -2.35. The molecule has 0 saturated carbocycles. The molecule has 1 aliphatic heterocycles. The molecule has 0 unspecified atom stereocenters. The Morgan fingerprint density at radius 3 is 2.19 bits per heavy atom. The molecule has 1 fully saturated rings. The van der Waals surface area contributed by atoms with Crippen molar-refractivity contribution in [3.8, 4) is 11.5 Å². The van der Waals surface area contributed by atoms with E-state index >= 15 is 0 Å².